The predicted octanol–water partition coefficient (Wildman–Crippen LogP) is 13.2. The molecule has 2 aromatic heterocycles. The van der Waals surface area contributed by atoms with Crippen molar-refractivity contribution in [2.75, 3.05) is 65.8 Å². The maximum absolute atomic E-state index is 13.6. The minimum atomic E-state index is -0.405. The number of alkyl halides is 2. The maximum Gasteiger partial charge on any atom is 0.207 e. The first-order valence-corrected chi connectivity index (χ1v) is 25.3. The van der Waals surface area contributed by atoms with Crippen LogP contribution >= 0.6 is 34.3 Å². The van der Waals surface area contributed by atoms with E-state index in [-0.39, 0.29) is 48.3 Å². The molecule has 0 amide bonds. The van der Waals surface area contributed by atoms with E-state index < -0.39 is 5.82 Å². The van der Waals surface area contributed by atoms with Gasteiger partial charge in [0.25, 0.3) is 0 Å². The number of nitrogens with zero attached hydrogens (tertiary/aromatic N) is 2. The topological polar surface area (TPSA) is 118 Å². The van der Waals surface area contributed by atoms with E-state index in [2.05, 4.69) is 9.80 Å². The fourth-order valence-electron chi connectivity index (χ4n) is 8.58. The maximum atomic E-state index is 13.6. The van der Waals surface area contributed by atoms with Gasteiger partial charge in [-0.05, 0) is 146 Å². The van der Waals surface area contributed by atoms with E-state index in [0.29, 0.717) is 89.3 Å². The Morgan fingerprint density at radius 2 is 1.00 bits per heavy atom. The number of hydrogen-bond donors (Lipinski definition) is 2. The molecule has 0 spiro atoms. The van der Waals surface area contributed by atoms with Crippen molar-refractivity contribution < 1.29 is 51.9 Å². The van der Waals surface area contributed by atoms with Crippen molar-refractivity contribution in [3.05, 3.63) is 164 Å². The van der Waals surface area contributed by atoms with E-state index in [1.54, 1.807) is 97.9 Å². The van der Waals surface area contributed by atoms with Crippen molar-refractivity contribution in [3.8, 4) is 46.0 Å². The van der Waals surface area contributed by atoms with Crippen molar-refractivity contribution in [2.45, 2.75) is 13.8 Å². The Morgan fingerprint density at radius 1 is 0.583 bits per heavy atom. The number of rotatable bonds is 18. The summed E-state index contributed by atoms with van der Waals surface area (Å²) in [6, 6.07) is 33.4. The number of ether oxygens (including phenoxy) is 4. The summed E-state index contributed by atoms with van der Waals surface area (Å²) in [6.07, 6.45) is 0. The summed E-state index contributed by atoms with van der Waals surface area (Å²) in [6.45, 7) is 8.68. The van der Waals surface area contributed by atoms with E-state index in [0.717, 1.165) is 54.9 Å². The third-order valence-electron chi connectivity index (χ3n) is 12.5. The van der Waals surface area contributed by atoms with Gasteiger partial charge in [0.15, 0.2) is 11.5 Å². The molecule has 8 aromatic rings. The number of fused-ring (bicyclic) bond motifs is 2. The van der Waals surface area contributed by atoms with Crippen LogP contribution in [0.15, 0.2) is 121 Å². The van der Waals surface area contributed by atoms with Crippen LogP contribution in [0.4, 0.5) is 13.2 Å². The monoisotopic (exact) mass is 1030 g/mol. The molecular formula is C56H50ClF3N2O8S2. The van der Waals surface area contributed by atoms with E-state index in [1.165, 1.54) is 40.9 Å². The largest absolute Gasteiger partial charge is 0.508 e. The number of likely N-dealkylation sites (tertiary alicyclic amines) is 2. The number of carbonyl (C=O) groups excluding carboxylic acids is 2. The summed E-state index contributed by atoms with van der Waals surface area (Å²) in [7, 11) is 0. The van der Waals surface area contributed by atoms with Crippen LogP contribution in [0.2, 0.25) is 5.02 Å². The normalized spacial score (nSPS) is 14.1. The number of thiophene rings is 2. The van der Waals surface area contributed by atoms with Gasteiger partial charge < -0.3 is 29.2 Å². The quantitative estimate of drug-likeness (QED) is 0.0805. The molecule has 2 aliphatic rings. The molecule has 6 aromatic carbocycles. The Morgan fingerprint density at radius 3 is 1.42 bits per heavy atom. The van der Waals surface area contributed by atoms with Crippen LogP contribution in [0.5, 0.6) is 46.0 Å². The highest BCUT2D eigenvalue weighted by Gasteiger charge is 2.28. The first-order chi connectivity index (χ1) is 34.8. The Balaban J connectivity index is 0.000000178. The Bertz CT molecular complexity index is 3010. The highest BCUT2D eigenvalue weighted by atomic mass is 35.5. The van der Waals surface area contributed by atoms with Crippen molar-refractivity contribution in [1.29, 1.82) is 0 Å². The van der Waals surface area contributed by atoms with Crippen molar-refractivity contribution in [1.82, 2.24) is 9.80 Å². The van der Waals surface area contributed by atoms with Crippen LogP contribution in [0.1, 0.15) is 41.6 Å². The minimum absolute atomic E-state index is 0.0900. The fourth-order valence-corrected chi connectivity index (χ4v) is 11.0. The number of aryl methyl sites for hydroxylation is 2. The summed E-state index contributed by atoms with van der Waals surface area (Å²) in [4.78, 5) is 32.1. The second kappa shape index (κ2) is 22.4. The highest BCUT2D eigenvalue weighted by molar-refractivity contribution is 7.22. The van der Waals surface area contributed by atoms with Gasteiger partial charge in [0, 0.05) is 87.4 Å². The van der Waals surface area contributed by atoms with Gasteiger partial charge in [-0.1, -0.05) is 11.6 Å². The lowest BCUT2D eigenvalue weighted by atomic mass is 10.0. The summed E-state index contributed by atoms with van der Waals surface area (Å²) in [5, 5.41) is 21.9. The molecule has 0 atom stereocenters. The first-order valence-electron chi connectivity index (χ1n) is 23.3. The molecule has 2 saturated heterocycles. The van der Waals surface area contributed by atoms with Crippen molar-refractivity contribution >= 4 is 66.0 Å². The first kappa shape index (κ1) is 50.3. The minimum Gasteiger partial charge on any atom is -0.508 e. The molecule has 2 fully saturated rings. The lowest BCUT2D eigenvalue weighted by Gasteiger charge is -2.37. The molecule has 0 saturated carbocycles. The third-order valence-corrected chi connectivity index (χ3v) is 15.0. The SMILES string of the molecule is Cc1cc(Cl)ccc1C(=O)c1sc2cc(O)ccc2c1Oc1ccc(OCCN2CC(CF)C2)cc1.Cc1cc(F)ccc1C(=O)c1sc2cc(O)ccc2c1Oc1ccc(OCCN2CC(CF)C2)cc1. The molecule has 72 heavy (non-hydrogen) atoms. The Kier molecular flexibility index (Phi) is 15.7. The van der Waals surface area contributed by atoms with E-state index in [1.807, 2.05) is 19.1 Å². The molecular weight excluding hydrogens is 985 g/mol. The molecule has 10 nitrogen and oxygen atoms in total. The number of hydrogen-bond acceptors (Lipinski definition) is 12. The Labute approximate surface area is 427 Å². The average molecular weight is 1040 g/mol. The smallest absolute Gasteiger partial charge is 0.207 e. The van der Waals surface area contributed by atoms with Crippen LogP contribution in [0.25, 0.3) is 20.2 Å². The Hall–Kier alpha value is -6.62. The highest BCUT2D eigenvalue weighted by Crippen LogP contribution is 2.45. The lowest BCUT2D eigenvalue weighted by molar-refractivity contribution is 0.0668. The van der Waals surface area contributed by atoms with Crippen molar-refractivity contribution in [2.24, 2.45) is 11.8 Å². The summed E-state index contributed by atoms with van der Waals surface area (Å²) in [5.41, 5.74) is 2.24. The van der Waals surface area contributed by atoms with Crippen LogP contribution < -0.4 is 18.9 Å². The van der Waals surface area contributed by atoms with Gasteiger partial charge in [-0.2, -0.15) is 0 Å². The molecule has 0 unspecified atom stereocenters. The molecule has 2 aliphatic heterocycles. The summed E-state index contributed by atoms with van der Waals surface area (Å²) in [5.74, 6) is 2.99. The predicted molar refractivity (Wildman–Crippen MR) is 277 cm³/mol. The van der Waals surface area contributed by atoms with Gasteiger partial charge >= 0.3 is 0 Å². The number of ketones is 2. The van der Waals surface area contributed by atoms with E-state index in [9.17, 15) is 33.0 Å². The van der Waals surface area contributed by atoms with Gasteiger partial charge in [0.1, 0.15) is 63.3 Å². The van der Waals surface area contributed by atoms with Crippen LogP contribution in [-0.2, 0) is 0 Å². The fraction of sp³-hybridized carbons (Fsp3) is 0.250. The number of carbonyl (C=O) groups is 2. The second-order valence-corrected chi connectivity index (χ2v) is 20.4. The molecule has 10 rings (SSSR count). The molecule has 16 heteroatoms. The number of aromatic hydroxyl groups is 2. The number of halogens is 4. The van der Waals surface area contributed by atoms with Gasteiger partial charge in [0.2, 0.25) is 11.6 Å². The van der Waals surface area contributed by atoms with Gasteiger partial charge in [-0.15, -0.1) is 22.7 Å². The zero-order chi connectivity index (χ0) is 50.5. The summed E-state index contributed by atoms with van der Waals surface area (Å²) >= 11 is 8.58. The van der Waals surface area contributed by atoms with Gasteiger partial charge in [0.05, 0.1) is 13.3 Å². The van der Waals surface area contributed by atoms with Gasteiger partial charge in [-0.3, -0.25) is 28.2 Å². The molecule has 0 bridgehead atoms. The zero-order valence-electron chi connectivity index (χ0n) is 39.3. The third kappa shape index (κ3) is 11.7. The van der Waals surface area contributed by atoms with Crippen LogP contribution in [-0.4, -0.2) is 97.4 Å². The standard InChI is InChI=1S/C28H25ClFNO4S.C28H25F2NO4S/c1-17-12-19(29)2-8-23(17)26(33)28-27(24-9-3-20(32)13-25(24)36-28)35-22-6-4-21(5-7-22)34-11-10-31-15-18(14-30)16-31;1-17-12-19(30)2-8-23(17)26(33)28-27(24-9-3-20(32)13-25(24)36-28)35-22-6-4-21(5-7-22)34-11-10-31-15-18(14-29)16-31/h2*2-9,12-13,18,32H,10-11,14-16H2,1H3. The molecule has 0 aliphatic carbocycles. The number of phenols is 2. The lowest BCUT2D eigenvalue weighted by Crippen LogP contribution is -2.49. The number of benzene rings is 6. The van der Waals surface area contributed by atoms with Crippen molar-refractivity contribution in [3.63, 3.8) is 0 Å². The van der Waals surface area contributed by atoms with Crippen LogP contribution in [0.3, 0.4) is 0 Å². The molecule has 0 radical (unpaired) electrons. The van der Waals surface area contributed by atoms with E-state index >= 15 is 0 Å². The van der Waals surface area contributed by atoms with Crippen LogP contribution in [0, 0.1) is 31.5 Å². The zero-order valence-corrected chi connectivity index (χ0v) is 41.7. The van der Waals surface area contributed by atoms with E-state index in [4.69, 9.17) is 30.5 Å². The molecule has 2 N–H and O–H groups in total. The average Bonchev–Trinajstić information content (AvgIpc) is 3.87. The number of phenolic OH excluding ortho intramolecular Hbond substituents is 2. The summed E-state index contributed by atoms with van der Waals surface area (Å²) < 4.78 is 64.2. The molecule has 4 heterocycles. The second-order valence-electron chi connectivity index (χ2n) is 17.9. The molecule has 372 valence electrons. The van der Waals surface area contributed by atoms with Gasteiger partial charge in [-0.25, -0.2) is 4.39 Å².